The van der Waals surface area contributed by atoms with Crippen LogP contribution in [0.4, 0.5) is 15.9 Å². The van der Waals surface area contributed by atoms with Crippen molar-refractivity contribution in [3.05, 3.63) is 88.4 Å². The molecule has 0 saturated carbocycles. The molecule has 2 aromatic carbocycles. The number of aromatic nitrogens is 1. The minimum absolute atomic E-state index is 0.0155. The summed E-state index contributed by atoms with van der Waals surface area (Å²) >= 11 is 0. The Hall–Kier alpha value is -5.09. The molecule has 0 aliphatic carbocycles. The number of aryl methyl sites for hydroxylation is 1. The molecule has 0 spiro atoms. The van der Waals surface area contributed by atoms with Gasteiger partial charge < -0.3 is 20.5 Å². The zero-order valence-corrected chi connectivity index (χ0v) is 23.0. The van der Waals surface area contributed by atoms with E-state index < -0.39 is 50.8 Å². The number of hydrogen-bond donors (Lipinski definition) is 2. The predicted molar refractivity (Wildman–Crippen MR) is 149 cm³/mol. The van der Waals surface area contributed by atoms with Gasteiger partial charge in [0.1, 0.15) is 23.1 Å². The van der Waals surface area contributed by atoms with E-state index in [0.29, 0.717) is 11.3 Å². The van der Waals surface area contributed by atoms with Crippen LogP contribution in [0.1, 0.15) is 37.4 Å². The Morgan fingerprint density at radius 2 is 1.71 bits per heavy atom. The van der Waals surface area contributed by atoms with Gasteiger partial charge in [-0.25, -0.2) is 13.6 Å². The Balaban J connectivity index is 1.87. The Kier molecular flexibility index (Phi) is 9.89. The number of rotatable bonds is 7. The summed E-state index contributed by atoms with van der Waals surface area (Å²) in [4.78, 5) is 52.7. The number of esters is 2. The lowest BCUT2D eigenvalue weighted by Gasteiger charge is -2.08. The van der Waals surface area contributed by atoms with Gasteiger partial charge in [-0.05, 0) is 43.3 Å². The summed E-state index contributed by atoms with van der Waals surface area (Å²) in [7, 11) is -1.58. The number of nitrogen functional groups attached to an aromatic ring is 1. The molecular weight excluding hydrogens is 555 g/mol. The van der Waals surface area contributed by atoms with Gasteiger partial charge in [0.25, 0.3) is 11.8 Å². The molecule has 212 valence electrons. The molecule has 0 atom stereocenters. The normalized spacial score (nSPS) is 10.5. The molecule has 3 N–H and O–H groups in total. The van der Waals surface area contributed by atoms with Gasteiger partial charge in [-0.1, -0.05) is 29.5 Å². The SMILES string of the molecule is COC(=O)CS(=O)(CC(=O)OC)=NC(=O)c1cnc(N)c(C#Cc2cccc(NC(=O)c3cc(C)ccc3F)c2)c1. The molecule has 0 fully saturated rings. The van der Waals surface area contributed by atoms with Crippen LogP contribution in [0, 0.1) is 24.6 Å². The summed E-state index contributed by atoms with van der Waals surface area (Å²) in [6.07, 6.45) is 1.09. The molecule has 0 bridgehead atoms. The number of ether oxygens (including phenoxy) is 2. The van der Waals surface area contributed by atoms with Crippen LogP contribution < -0.4 is 11.1 Å². The summed E-state index contributed by atoms with van der Waals surface area (Å²) in [6.45, 7) is 1.74. The first kappa shape index (κ1) is 30.5. The molecule has 0 radical (unpaired) electrons. The molecule has 11 nitrogen and oxygen atoms in total. The molecule has 3 rings (SSSR count). The van der Waals surface area contributed by atoms with Crippen LogP contribution in [0.5, 0.6) is 0 Å². The van der Waals surface area contributed by atoms with E-state index in [4.69, 9.17) is 5.73 Å². The highest BCUT2D eigenvalue weighted by Crippen LogP contribution is 2.16. The van der Waals surface area contributed by atoms with Crippen molar-refractivity contribution in [1.82, 2.24) is 4.98 Å². The Labute approximate surface area is 235 Å². The highest BCUT2D eigenvalue weighted by Gasteiger charge is 2.23. The van der Waals surface area contributed by atoms with Gasteiger partial charge in [-0.15, -0.1) is 0 Å². The first-order valence-electron chi connectivity index (χ1n) is 11.8. The number of halogens is 1. The predicted octanol–water partition coefficient (Wildman–Crippen LogP) is 2.72. The highest BCUT2D eigenvalue weighted by molar-refractivity contribution is 7.95. The molecule has 1 heterocycles. The summed E-state index contributed by atoms with van der Waals surface area (Å²) in [5, 5.41) is 2.62. The van der Waals surface area contributed by atoms with E-state index in [0.717, 1.165) is 26.0 Å². The first-order valence-corrected chi connectivity index (χ1v) is 13.6. The summed E-state index contributed by atoms with van der Waals surface area (Å²) in [5.74, 6) is -0.170. The van der Waals surface area contributed by atoms with Gasteiger partial charge in [0.05, 0.1) is 40.6 Å². The molecule has 13 heteroatoms. The summed E-state index contributed by atoms with van der Waals surface area (Å²) in [5.41, 5.74) is 7.34. The largest absolute Gasteiger partial charge is 0.468 e. The average molecular weight is 581 g/mol. The lowest BCUT2D eigenvalue weighted by Crippen LogP contribution is -2.26. The number of benzene rings is 2. The van der Waals surface area contributed by atoms with Crippen molar-refractivity contribution in [2.75, 3.05) is 36.8 Å². The summed E-state index contributed by atoms with van der Waals surface area (Å²) < 4.78 is 39.8. The van der Waals surface area contributed by atoms with Crippen molar-refractivity contribution in [3.63, 3.8) is 0 Å². The number of amides is 2. The number of carbonyl (C=O) groups excluding carboxylic acids is 4. The maximum Gasteiger partial charge on any atom is 0.319 e. The third-order valence-corrected chi connectivity index (χ3v) is 7.26. The molecule has 3 aromatic rings. The van der Waals surface area contributed by atoms with E-state index in [2.05, 4.69) is 36.0 Å². The number of nitrogens with two attached hydrogens (primary N) is 1. The molecular formula is C28H25FN4O7S. The Morgan fingerprint density at radius 3 is 2.37 bits per heavy atom. The number of anilines is 2. The smallest absolute Gasteiger partial charge is 0.319 e. The molecule has 2 amide bonds. The fraction of sp³-hybridized carbons (Fsp3) is 0.179. The lowest BCUT2D eigenvalue weighted by molar-refractivity contribution is -0.137. The van der Waals surface area contributed by atoms with Crippen molar-refractivity contribution in [3.8, 4) is 11.8 Å². The highest BCUT2D eigenvalue weighted by atomic mass is 32.2. The standard InChI is InChI=1S/C28H25FN4O7S/c1-17-7-10-23(29)22(11-17)28(37)32-21-6-4-5-18(12-21)8-9-19-13-20(14-31-26(19)30)27(36)33-41(38,15-24(34)39-2)16-25(35)40-3/h4-7,10-14H,15-16H2,1-3H3,(H2,30,31)(H,32,37). The van der Waals surface area contributed by atoms with Crippen molar-refractivity contribution < 1.29 is 37.3 Å². The van der Waals surface area contributed by atoms with Gasteiger partial charge in [0.15, 0.2) is 0 Å². The van der Waals surface area contributed by atoms with E-state index in [1.54, 1.807) is 37.3 Å². The minimum Gasteiger partial charge on any atom is -0.468 e. The van der Waals surface area contributed by atoms with Gasteiger partial charge in [-0.2, -0.15) is 4.36 Å². The molecule has 0 aliphatic heterocycles. The molecule has 1 aromatic heterocycles. The number of nitrogens with zero attached hydrogens (tertiary/aromatic N) is 2. The molecule has 0 aliphatic rings. The molecule has 41 heavy (non-hydrogen) atoms. The summed E-state index contributed by atoms with van der Waals surface area (Å²) in [6, 6.07) is 11.9. The van der Waals surface area contributed by atoms with Gasteiger partial charge >= 0.3 is 11.9 Å². The number of methoxy groups -OCH3 is 2. The van der Waals surface area contributed by atoms with Crippen LogP contribution in [-0.2, 0) is 28.8 Å². The number of nitrogens with one attached hydrogen (secondary N) is 1. The van der Waals surface area contributed by atoms with Crippen molar-refractivity contribution in [2.45, 2.75) is 6.92 Å². The second-order valence-corrected chi connectivity index (χ2v) is 10.8. The van der Waals surface area contributed by atoms with E-state index in [9.17, 15) is 27.8 Å². The zero-order valence-electron chi connectivity index (χ0n) is 22.2. The maximum atomic E-state index is 14.1. The van der Waals surface area contributed by atoms with E-state index >= 15 is 0 Å². The average Bonchev–Trinajstić information content (AvgIpc) is 2.93. The molecule has 0 unspecified atom stereocenters. The Morgan fingerprint density at radius 1 is 1.02 bits per heavy atom. The van der Waals surface area contributed by atoms with Gasteiger partial charge in [0.2, 0.25) is 0 Å². The molecule has 0 saturated heterocycles. The van der Waals surface area contributed by atoms with Crippen LogP contribution >= 0.6 is 0 Å². The van der Waals surface area contributed by atoms with Gasteiger partial charge in [0, 0.05) is 17.4 Å². The van der Waals surface area contributed by atoms with Crippen molar-refractivity contribution in [1.29, 1.82) is 0 Å². The van der Waals surface area contributed by atoms with E-state index in [-0.39, 0.29) is 22.5 Å². The fourth-order valence-corrected chi connectivity index (χ4v) is 4.93. The number of carbonyl (C=O) groups is 4. The van der Waals surface area contributed by atoms with E-state index in [1.165, 1.54) is 18.2 Å². The van der Waals surface area contributed by atoms with Crippen molar-refractivity contribution >= 4 is 45.0 Å². The first-order chi connectivity index (χ1) is 19.4. The van der Waals surface area contributed by atoms with Crippen LogP contribution in [0.2, 0.25) is 0 Å². The second kappa shape index (κ2) is 13.3. The Bertz CT molecular complexity index is 1700. The maximum absolute atomic E-state index is 14.1. The van der Waals surface area contributed by atoms with Gasteiger partial charge in [-0.3, -0.25) is 19.2 Å². The van der Waals surface area contributed by atoms with Crippen molar-refractivity contribution in [2.24, 2.45) is 4.36 Å². The number of pyridine rings is 1. The minimum atomic E-state index is -3.70. The third kappa shape index (κ3) is 8.45. The topological polar surface area (TPSA) is 167 Å². The van der Waals surface area contributed by atoms with Crippen LogP contribution in [0.25, 0.3) is 0 Å². The van der Waals surface area contributed by atoms with E-state index in [1.807, 2.05) is 0 Å². The fourth-order valence-electron chi connectivity index (χ4n) is 3.32. The number of hydrogen-bond acceptors (Lipinski definition) is 9. The van der Waals surface area contributed by atoms with Crippen LogP contribution in [0.3, 0.4) is 0 Å². The zero-order chi connectivity index (χ0) is 30.2. The monoisotopic (exact) mass is 580 g/mol. The van der Waals surface area contributed by atoms with Crippen LogP contribution in [0.15, 0.2) is 59.1 Å². The van der Waals surface area contributed by atoms with Crippen LogP contribution in [-0.4, -0.2) is 58.7 Å². The lowest BCUT2D eigenvalue weighted by atomic mass is 10.1. The third-order valence-electron chi connectivity index (χ3n) is 5.39. The second-order valence-electron chi connectivity index (χ2n) is 8.53. The quantitative estimate of drug-likeness (QED) is 0.315.